The van der Waals surface area contributed by atoms with Crippen LogP contribution in [-0.2, 0) is 9.53 Å². The smallest absolute Gasteiger partial charge is 0.288 e. The van der Waals surface area contributed by atoms with E-state index in [1.54, 1.807) is 18.2 Å². The van der Waals surface area contributed by atoms with E-state index in [9.17, 15) is 18.8 Å². The van der Waals surface area contributed by atoms with Gasteiger partial charge in [0.15, 0.2) is 0 Å². The van der Waals surface area contributed by atoms with Gasteiger partial charge in [-0.1, -0.05) is 23.9 Å². The third-order valence-electron chi connectivity index (χ3n) is 6.98. The van der Waals surface area contributed by atoms with Crippen molar-refractivity contribution in [3.63, 3.8) is 0 Å². The number of amides is 1. The Bertz CT molecular complexity index is 1300. The molecule has 4 rings (SSSR count). The maximum atomic E-state index is 13.0. The van der Waals surface area contributed by atoms with Gasteiger partial charge in [-0.3, -0.25) is 4.79 Å². The molecule has 0 radical (unpaired) electrons. The predicted octanol–water partition coefficient (Wildman–Crippen LogP) is 6.70. The van der Waals surface area contributed by atoms with Crippen LogP contribution in [0, 0.1) is 11.3 Å². The van der Waals surface area contributed by atoms with Gasteiger partial charge in [0.05, 0.1) is 13.2 Å². The van der Waals surface area contributed by atoms with Crippen LogP contribution in [0.4, 0.5) is 20.2 Å². The average molecular weight is 565 g/mol. The molecule has 0 atom stereocenters. The van der Waals surface area contributed by atoms with Crippen molar-refractivity contribution < 1.29 is 18.3 Å². The highest BCUT2D eigenvalue weighted by molar-refractivity contribution is 7.99. The Labute approximate surface area is 239 Å². The summed E-state index contributed by atoms with van der Waals surface area (Å²) in [7, 11) is 0. The molecule has 0 aromatic heterocycles. The van der Waals surface area contributed by atoms with Crippen LogP contribution < -0.4 is 10.2 Å². The number of thioether (sulfide) groups is 1. The summed E-state index contributed by atoms with van der Waals surface area (Å²) < 4.78 is 30.8. The highest BCUT2D eigenvalue weighted by Crippen LogP contribution is 2.37. The minimum Gasteiger partial charge on any atom is -0.378 e. The first-order valence-corrected chi connectivity index (χ1v) is 14.4. The quantitative estimate of drug-likeness (QED) is 0.197. The number of rotatable bonds is 10. The van der Waals surface area contributed by atoms with Crippen molar-refractivity contribution in [1.29, 1.82) is 5.26 Å². The molecule has 0 saturated carbocycles. The Morgan fingerprint density at radius 3 is 2.38 bits per heavy atom. The fraction of sp³-hybridized carbons (Fsp3) is 0.355. The lowest BCUT2D eigenvalue weighted by molar-refractivity contribution is -0.112. The number of carbonyl (C=O) groups is 1. The number of carbonyl (C=O) groups excluding carboxylic acids is 1. The normalized spacial score (nSPS) is 16.9. The first kappa shape index (κ1) is 29.4. The highest BCUT2D eigenvalue weighted by Gasteiger charge is 2.26. The number of morpholine rings is 1. The molecule has 210 valence electrons. The van der Waals surface area contributed by atoms with Crippen molar-refractivity contribution in [3.8, 4) is 6.07 Å². The zero-order valence-electron chi connectivity index (χ0n) is 22.8. The molecular weight excluding hydrogens is 530 g/mol. The Morgan fingerprint density at radius 2 is 1.77 bits per heavy atom. The summed E-state index contributed by atoms with van der Waals surface area (Å²) in [6.07, 6.45) is 5.40. The van der Waals surface area contributed by atoms with E-state index in [0.717, 1.165) is 49.4 Å². The van der Waals surface area contributed by atoms with Crippen LogP contribution in [0.1, 0.15) is 32.3 Å². The second-order valence-electron chi connectivity index (χ2n) is 9.43. The molecule has 1 amide bonds. The molecule has 1 saturated heterocycles. The second kappa shape index (κ2) is 14.1. The Kier molecular flexibility index (Phi) is 10.4. The van der Waals surface area contributed by atoms with Gasteiger partial charge in [0.1, 0.15) is 11.6 Å². The molecule has 1 heterocycles. The number of nitrogens with zero attached hydrogens (tertiary/aromatic N) is 3. The molecular formula is C31H34F2N4O2S. The lowest BCUT2D eigenvalue weighted by atomic mass is 10.1. The molecule has 0 unspecified atom stereocenters. The largest absolute Gasteiger partial charge is 0.378 e. The van der Waals surface area contributed by atoms with Crippen molar-refractivity contribution in [1.82, 2.24) is 4.90 Å². The van der Waals surface area contributed by atoms with Crippen LogP contribution in [0.25, 0.3) is 6.08 Å². The lowest BCUT2D eigenvalue weighted by Crippen LogP contribution is -2.36. The molecule has 2 aliphatic rings. The van der Waals surface area contributed by atoms with Crippen molar-refractivity contribution in [2.75, 3.05) is 49.6 Å². The van der Waals surface area contributed by atoms with E-state index in [-0.39, 0.29) is 5.57 Å². The van der Waals surface area contributed by atoms with Crippen LogP contribution in [0.15, 0.2) is 81.9 Å². The van der Waals surface area contributed by atoms with Gasteiger partial charge in [-0.2, -0.15) is 14.0 Å². The molecule has 1 fully saturated rings. The predicted molar refractivity (Wildman–Crippen MR) is 157 cm³/mol. The second-order valence-corrected chi connectivity index (χ2v) is 10.5. The number of halogens is 2. The van der Waals surface area contributed by atoms with Gasteiger partial charge in [0.2, 0.25) is 0 Å². The third-order valence-corrected chi connectivity index (χ3v) is 7.71. The van der Waals surface area contributed by atoms with Crippen LogP contribution in [-0.4, -0.2) is 56.0 Å². The van der Waals surface area contributed by atoms with Crippen molar-refractivity contribution in [3.05, 3.63) is 82.6 Å². The van der Waals surface area contributed by atoms with Gasteiger partial charge < -0.3 is 19.9 Å². The summed E-state index contributed by atoms with van der Waals surface area (Å²) in [4.78, 5) is 18.0. The summed E-state index contributed by atoms with van der Waals surface area (Å²) in [5.41, 5.74) is 5.91. The maximum absolute atomic E-state index is 13.0. The van der Waals surface area contributed by atoms with E-state index in [1.165, 1.54) is 23.4 Å². The number of hydrogen-bond donors (Lipinski definition) is 1. The number of alkyl halides is 2. The summed E-state index contributed by atoms with van der Waals surface area (Å²) in [5, 5.41) is 12.6. The molecule has 2 aromatic rings. The fourth-order valence-electron chi connectivity index (χ4n) is 5.00. The van der Waals surface area contributed by atoms with E-state index in [1.807, 2.05) is 6.07 Å². The monoisotopic (exact) mass is 564 g/mol. The van der Waals surface area contributed by atoms with Crippen LogP contribution in [0.5, 0.6) is 0 Å². The average Bonchev–Trinajstić information content (AvgIpc) is 3.36. The SMILES string of the molecule is CCN(CC)c1ccc(/C=C2/CCC(C=C(C#N)C(=O)Nc3ccc(SC(F)F)cc3)=C2N2CCOCC2)cc1. The van der Waals surface area contributed by atoms with Gasteiger partial charge >= 0.3 is 0 Å². The number of benzene rings is 2. The van der Waals surface area contributed by atoms with Crippen molar-refractivity contribution in [2.24, 2.45) is 0 Å². The maximum Gasteiger partial charge on any atom is 0.288 e. The van der Waals surface area contributed by atoms with Gasteiger partial charge in [0, 0.05) is 48.1 Å². The number of ether oxygens (including phenoxy) is 1. The first-order valence-electron chi connectivity index (χ1n) is 13.5. The molecule has 1 aliphatic carbocycles. The van der Waals surface area contributed by atoms with E-state index in [4.69, 9.17) is 4.74 Å². The molecule has 6 nitrogen and oxygen atoms in total. The molecule has 9 heteroatoms. The number of nitriles is 1. The summed E-state index contributed by atoms with van der Waals surface area (Å²) in [5.74, 6) is -3.05. The highest BCUT2D eigenvalue weighted by atomic mass is 32.2. The number of hydrogen-bond acceptors (Lipinski definition) is 6. The Morgan fingerprint density at radius 1 is 1.10 bits per heavy atom. The number of anilines is 2. The first-order chi connectivity index (χ1) is 19.4. The third kappa shape index (κ3) is 7.52. The summed E-state index contributed by atoms with van der Waals surface area (Å²) >= 11 is 0.439. The molecule has 40 heavy (non-hydrogen) atoms. The van der Waals surface area contributed by atoms with Crippen LogP contribution in [0.2, 0.25) is 0 Å². The van der Waals surface area contributed by atoms with E-state index in [0.29, 0.717) is 42.0 Å². The zero-order chi connectivity index (χ0) is 28.5. The van der Waals surface area contributed by atoms with Gasteiger partial charge in [-0.15, -0.1) is 0 Å². The zero-order valence-corrected chi connectivity index (χ0v) is 23.6. The standard InChI is InChI=1S/C31H34F2N4O2S/c1-3-36(4-2)27-11-5-22(6-12-27)19-23-7-8-24(29(23)37-15-17-39-18-16-37)20-25(21-34)30(38)35-26-9-13-28(14-10-26)40-31(32)33/h5-6,9-14,19-20,31H,3-4,7-8,15-18H2,1-2H3,(H,35,38)/b23-19-,25-20?. The summed E-state index contributed by atoms with van der Waals surface area (Å²) in [6.45, 7) is 8.92. The van der Waals surface area contributed by atoms with Crippen LogP contribution in [0.3, 0.4) is 0 Å². The minimum atomic E-state index is -2.51. The van der Waals surface area contributed by atoms with Crippen molar-refractivity contribution in [2.45, 2.75) is 37.3 Å². The minimum absolute atomic E-state index is 0.00313. The number of allylic oxidation sites excluding steroid dienone is 3. The fourth-order valence-corrected chi connectivity index (χ4v) is 5.50. The molecule has 1 aliphatic heterocycles. The van der Waals surface area contributed by atoms with Gasteiger partial charge in [-0.25, -0.2) is 0 Å². The van der Waals surface area contributed by atoms with Crippen molar-refractivity contribution >= 4 is 35.1 Å². The van der Waals surface area contributed by atoms with E-state index >= 15 is 0 Å². The van der Waals surface area contributed by atoms with E-state index in [2.05, 4.69) is 59.3 Å². The number of nitrogens with one attached hydrogen (secondary N) is 1. The van der Waals surface area contributed by atoms with Crippen LogP contribution >= 0.6 is 11.8 Å². The molecule has 1 N–H and O–H groups in total. The lowest BCUT2D eigenvalue weighted by Gasteiger charge is -2.31. The molecule has 2 aromatic carbocycles. The Balaban J connectivity index is 1.60. The summed E-state index contributed by atoms with van der Waals surface area (Å²) in [6, 6.07) is 16.7. The van der Waals surface area contributed by atoms with E-state index < -0.39 is 11.7 Å². The van der Waals surface area contributed by atoms with Gasteiger partial charge in [-0.05, 0) is 91.9 Å². The van der Waals surface area contributed by atoms with Gasteiger partial charge in [0.25, 0.3) is 11.7 Å². The topological polar surface area (TPSA) is 68.6 Å². The molecule has 0 spiro atoms. The molecule has 0 bridgehead atoms. The Hall–Kier alpha value is -3.61.